The standard InChI is InChI=1S/C11H12ClN3O2S/c1-8(9-4-2-3-5-10(9)12)15-18(16,17)11-6-7-13-14-11/h2-8,15H,1H3,(H,13,14). The van der Waals surface area contributed by atoms with Crippen LogP contribution in [0.25, 0.3) is 0 Å². The summed E-state index contributed by atoms with van der Waals surface area (Å²) in [4.78, 5) is 0. The number of sulfonamides is 1. The van der Waals surface area contributed by atoms with E-state index in [1.165, 1.54) is 12.3 Å². The Balaban J connectivity index is 2.23. The second-order valence-electron chi connectivity index (χ2n) is 3.79. The van der Waals surface area contributed by atoms with Gasteiger partial charge in [0.1, 0.15) is 0 Å². The van der Waals surface area contributed by atoms with Crippen molar-refractivity contribution in [3.63, 3.8) is 0 Å². The minimum absolute atomic E-state index is 0.0291. The van der Waals surface area contributed by atoms with Crippen molar-refractivity contribution in [2.75, 3.05) is 0 Å². The molecule has 1 aromatic carbocycles. The summed E-state index contributed by atoms with van der Waals surface area (Å²) in [5, 5.41) is 6.59. The molecule has 0 saturated heterocycles. The third-order valence-electron chi connectivity index (χ3n) is 2.47. The number of benzene rings is 1. The topological polar surface area (TPSA) is 74.8 Å². The lowest BCUT2D eigenvalue weighted by atomic mass is 10.1. The molecule has 5 nitrogen and oxygen atoms in total. The lowest BCUT2D eigenvalue weighted by Gasteiger charge is -2.14. The second-order valence-corrected chi connectivity index (χ2v) is 5.87. The van der Waals surface area contributed by atoms with E-state index in [1.54, 1.807) is 25.1 Å². The lowest BCUT2D eigenvalue weighted by molar-refractivity contribution is 0.563. The average Bonchev–Trinajstić information content (AvgIpc) is 2.82. The highest BCUT2D eigenvalue weighted by Crippen LogP contribution is 2.23. The molecule has 1 unspecified atom stereocenters. The molecular formula is C11H12ClN3O2S. The van der Waals surface area contributed by atoms with Crippen molar-refractivity contribution in [3.8, 4) is 0 Å². The number of aromatic nitrogens is 2. The first kappa shape index (κ1) is 13.1. The number of hydrogen-bond donors (Lipinski definition) is 2. The Morgan fingerprint density at radius 2 is 2.06 bits per heavy atom. The number of rotatable bonds is 4. The molecule has 0 amide bonds. The van der Waals surface area contributed by atoms with Crippen LogP contribution in [0.15, 0.2) is 41.6 Å². The van der Waals surface area contributed by atoms with Gasteiger partial charge in [0.05, 0.1) is 6.20 Å². The SMILES string of the molecule is CC(NS(=O)(=O)c1ccn[nH]1)c1ccccc1Cl. The van der Waals surface area contributed by atoms with Crippen LogP contribution in [0.4, 0.5) is 0 Å². The molecule has 0 aliphatic rings. The summed E-state index contributed by atoms with van der Waals surface area (Å²) in [7, 11) is -3.61. The molecule has 0 aliphatic heterocycles. The smallest absolute Gasteiger partial charge is 0.258 e. The van der Waals surface area contributed by atoms with Gasteiger partial charge < -0.3 is 0 Å². The molecule has 0 saturated carbocycles. The van der Waals surface area contributed by atoms with Gasteiger partial charge >= 0.3 is 0 Å². The van der Waals surface area contributed by atoms with Gasteiger partial charge in [0.25, 0.3) is 10.0 Å². The first-order chi connectivity index (χ1) is 8.50. The number of halogens is 1. The molecule has 0 radical (unpaired) electrons. The fourth-order valence-electron chi connectivity index (χ4n) is 1.58. The third-order valence-corrected chi connectivity index (χ3v) is 4.28. The first-order valence-corrected chi connectivity index (χ1v) is 7.13. The molecular weight excluding hydrogens is 274 g/mol. The molecule has 0 aliphatic carbocycles. The Labute approximate surface area is 110 Å². The molecule has 96 valence electrons. The van der Waals surface area contributed by atoms with Crippen molar-refractivity contribution < 1.29 is 8.42 Å². The van der Waals surface area contributed by atoms with E-state index >= 15 is 0 Å². The summed E-state index contributed by atoms with van der Waals surface area (Å²) >= 11 is 6.02. The Morgan fingerprint density at radius 1 is 1.33 bits per heavy atom. The van der Waals surface area contributed by atoms with Gasteiger partial charge in [-0.1, -0.05) is 29.8 Å². The summed E-state index contributed by atoms with van der Waals surface area (Å²) < 4.78 is 26.5. The quantitative estimate of drug-likeness (QED) is 0.903. The summed E-state index contributed by atoms with van der Waals surface area (Å²) in [6.45, 7) is 1.73. The van der Waals surface area contributed by atoms with Gasteiger partial charge in [0.2, 0.25) is 0 Å². The minimum atomic E-state index is -3.61. The van der Waals surface area contributed by atoms with Gasteiger partial charge in [-0.3, -0.25) is 5.10 Å². The van der Waals surface area contributed by atoms with E-state index in [4.69, 9.17) is 11.6 Å². The predicted octanol–water partition coefficient (Wildman–Crippen LogP) is 2.10. The normalized spacial score (nSPS) is 13.4. The van der Waals surface area contributed by atoms with E-state index in [1.807, 2.05) is 6.07 Å². The van der Waals surface area contributed by atoms with E-state index in [0.717, 1.165) is 5.56 Å². The molecule has 1 atom stereocenters. The Hall–Kier alpha value is -1.37. The van der Waals surface area contributed by atoms with Gasteiger partial charge in [-0.15, -0.1) is 0 Å². The largest absolute Gasteiger partial charge is 0.266 e. The maximum absolute atomic E-state index is 12.0. The molecule has 1 aromatic heterocycles. The lowest BCUT2D eigenvalue weighted by Crippen LogP contribution is -2.27. The number of nitrogens with zero attached hydrogens (tertiary/aromatic N) is 1. The van der Waals surface area contributed by atoms with Gasteiger partial charge in [-0.2, -0.15) is 5.10 Å². The second kappa shape index (κ2) is 5.09. The molecule has 2 N–H and O–H groups in total. The maximum Gasteiger partial charge on any atom is 0.258 e. The van der Waals surface area contributed by atoms with Gasteiger partial charge in [-0.05, 0) is 24.6 Å². The number of hydrogen-bond acceptors (Lipinski definition) is 3. The molecule has 2 rings (SSSR count). The molecule has 0 bridgehead atoms. The predicted molar refractivity (Wildman–Crippen MR) is 68.8 cm³/mol. The van der Waals surface area contributed by atoms with Crippen molar-refractivity contribution in [1.82, 2.24) is 14.9 Å². The summed E-state index contributed by atoms with van der Waals surface area (Å²) in [5.41, 5.74) is 0.724. The zero-order valence-electron chi connectivity index (χ0n) is 9.59. The van der Waals surface area contributed by atoms with Crippen LogP contribution in [0.2, 0.25) is 5.02 Å². The fourth-order valence-corrected chi connectivity index (χ4v) is 3.01. The monoisotopic (exact) mass is 285 g/mol. The first-order valence-electron chi connectivity index (χ1n) is 5.27. The summed E-state index contributed by atoms with van der Waals surface area (Å²) in [6.07, 6.45) is 1.38. The third kappa shape index (κ3) is 2.72. The van der Waals surface area contributed by atoms with Crippen molar-refractivity contribution in [2.24, 2.45) is 0 Å². The van der Waals surface area contributed by atoms with Crippen LogP contribution >= 0.6 is 11.6 Å². The molecule has 2 aromatic rings. The highest BCUT2D eigenvalue weighted by Gasteiger charge is 2.20. The molecule has 0 fully saturated rings. The van der Waals surface area contributed by atoms with E-state index in [0.29, 0.717) is 5.02 Å². The van der Waals surface area contributed by atoms with Crippen LogP contribution < -0.4 is 4.72 Å². The van der Waals surface area contributed by atoms with E-state index < -0.39 is 16.1 Å². The van der Waals surface area contributed by atoms with Gasteiger partial charge in [-0.25, -0.2) is 13.1 Å². The molecule has 0 spiro atoms. The zero-order valence-corrected chi connectivity index (χ0v) is 11.2. The summed E-state index contributed by atoms with van der Waals surface area (Å²) in [5.74, 6) is 0. The number of nitrogens with one attached hydrogen (secondary N) is 2. The fraction of sp³-hybridized carbons (Fsp3) is 0.182. The van der Waals surface area contributed by atoms with Gasteiger partial charge in [0, 0.05) is 11.1 Å². The molecule has 7 heteroatoms. The van der Waals surface area contributed by atoms with Gasteiger partial charge in [0.15, 0.2) is 5.03 Å². The van der Waals surface area contributed by atoms with Crippen LogP contribution in [-0.2, 0) is 10.0 Å². The molecule has 18 heavy (non-hydrogen) atoms. The summed E-state index contributed by atoms with van der Waals surface area (Å²) in [6, 6.07) is 8.07. The van der Waals surface area contributed by atoms with Crippen LogP contribution in [0.3, 0.4) is 0 Å². The zero-order chi connectivity index (χ0) is 13.2. The number of H-pyrrole nitrogens is 1. The van der Waals surface area contributed by atoms with Crippen LogP contribution in [0, 0.1) is 0 Å². The van der Waals surface area contributed by atoms with E-state index in [-0.39, 0.29) is 5.03 Å². The Kier molecular flexibility index (Phi) is 3.70. The van der Waals surface area contributed by atoms with Crippen LogP contribution in [0.5, 0.6) is 0 Å². The highest BCUT2D eigenvalue weighted by molar-refractivity contribution is 7.89. The Morgan fingerprint density at radius 3 is 2.67 bits per heavy atom. The van der Waals surface area contributed by atoms with Crippen LogP contribution in [-0.4, -0.2) is 18.6 Å². The van der Waals surface area contributed by atoms with Crippen molar-refractivity contribution in [2.45, 2.75) is 18.0 Å². The van der Waals surface area contributed by atoms with E-state index in [2.05, 4.69) is 14.9 Å². The Bertz CT molecular complexity index is 625. The van der Waals surface area contributed by atoms with Crippen molar-refractivity contribution in [3.05, 3.63) is 47.1 Å². The minimum Gasteiger partial charge on any atom is -0.266 e. The van der Waals surface area contributed by atoms with E-state index in [9.17, 15) is 8.42 Å². The maximum atomic E-state index is 12.0. The average molecular weight is 286 g/mol. The van der Waals surface area contributed by atoms with Crippen molar-refractivity contribution in [1.29, 1.82) is 0 Å². The van der Waals surface area contributed by atoms with Crippen LogP contribution in [0.1, 0.15) is 18.5 Å². The van der Waals surface area contributed by atoms with Crippen molar-refractivity contribution >= 4 is 21.6 Å². The molecule has 1 heterocycles. The number of aromatic amines is 1. The highest BCUT2D eigenvalue weighted by atomic mass is 35.5.